The van der Waals surface area contributed by atoms with Gasteiger partial charge in [0.15, 0.2) is 0 Å². The van der Waals surface area contributed by atoms with E-state index in [0.717, 1.165) is 0 Å². The van der Waals surface area contributed by atoms with Crippen LogP contribution in [-0.4, -0.2) is 31.6 Å². The Morgan fingerprint density at radius 1 is 1.11 bits per heavy atom. The van der Waals surface area contributed by atoms with Gasteiger partial charge in [0, 0.05) is 19.7 Å². The van der Waals surface area contributed by atoms with Crippen molar-refractivity contribution >= 4 is 0 Å². The summed E-state index contributed by atoms with van der Waals surface area (Å²) in [4.78, 5) is 2.55. The molecule has 1 aliphatic heterocycles. The van der Waals surface area contributed by atoms with Crippen LogP contribution >= 0.6 is 0 Å². The SMILES string of the molecule is COCc1ccc(C(CN)N2CCCCCC2)cc1. The molecule has 1 aromatic rings. The summed E-state index contributed by atoms with van der Waals surface area (Å²) in [6, 6.07) is 9.08. The second-order valence-electron chi connectivity index (χ2n) is 5.38. The first kappa shape index (κ1) is 14.5. The highest BCUT2D eigenvalue weighted by Gasteiger charge is 2.19. The van der Waals surface area contributed by atoms with E-state index in [9.17, 15) is 0 Å². The van der Waals surface area contributed by atoms with Gasteiger partial charge in [-0.15, -0.1) is 0 Å². The van der Waals surface area contributed by atoms with Crippen molar-refractivity contribution < 1.29 is 4.74 Å². The maximum atomic E-state index is 6.02. The first-order valence-electron chi connectivity index (χ1n) is 7.37. The predicted octanol–water partition coefficient (Wildman–Crippen LogP) is 2.71. The maximum absolute atomic E-state index is 6.02. The molecule has 19 heavy (non-hydrogen) atoms. The summed E-state index contributed by atoms with van der Waals surface area (Å²) < 4.78 is 5.15. The highest BCUT2D eigenvalue weighted by molar-refractivity contribution is 5.25. The lowest BCUT2D eigenvalue weighted by Gasteiger charge is -2.30. The molecular weight excluding hydrogens is 236 g/mol. The minimum atomic E-state index is 0.370. The molecule has 3 nitrogen and oxygen atoms in total. The van der Waals surface area contributed by atoms with Crippen LogP contribution in [0.1, 0.15) is 42.9 Å². The third-order valence-corrected chi connectivity index (χ3v) is 3.98. The van der Waals surface area contributed by atoms with Gasteiger partial charge in [-0.3, -0.25) is 4.90 Å². The van der Waals surface area contributed by atoms with Gasteiger partial charge in [-0.25, -0.2) is 0 Å². The van der Waals surface area contributed by atoms with E-state index >= 15 is 0 Å². The second kappa shape index (κ2) is 7.63. The Hall–Kier alpha value is -0.900. The van der Waals surface area contributed by atoms with Crippen LogP contribution in [0.5, 0.6) is 0 Å². The van der Waals surface area contributed by atoms with Crippen molar-refractivity contribution in [2.75, 3.05) is 26.7 Å². The number of rotatable bonds is 5. The molecule has 3 heteroatoms. The zero-order chi connectivity index (χ0) is 13.5. The number of hydrogen-bond donors (Lipinski definition) is 1. The number of ether oxygens (including phenoxy) is 1. The first-order valence-corrected chi connectivity index (χ1v) is 7.37. The summed E-state index contributed by atoms with van der Waals surface area (Å²) in [5.41, 5.74) is 8.57. The van der Waals surface area contributed by atoms with Gasteiger partial charge in [0.25, 0.3) is 0 Å². The van der Waals surface area contributed by atoms with E-state index in [4.69, 9.17) is 10.5 Å². The van der Waals surface area contributed by atoms with Crippen molar-refractivity contribution in [3.05, 3.63) is 35.4 Å². The monoisotopic (exact) mass is 262 g/mol. The van der Waals surface area contributed by atoms with E-state index in [1.54, 1.807) is 7.11 Å². The Balaban J connectivity index is 2.06. The fourth-order valence-electron chi connectivity index (χ4n) is 2.91. The smallest absolute Gasteiger partial charge is 0.0713 e. The quantitative estimate of drug-likeness (QED) is 0.886. The Kier molecular flexibility index (Phi) is 5.83. The van der Waals surface area contributed by atoms with E-state index in [1.807, 2.05) is 0 Å². The lowest BCUT2D eigenvalue weighted by Crippen LogP contribution is -2.34. The van der Waals surface area contributed by atoms with Gasteiger partial charge in [-0.05, 0) is 37.1 Å². The molecule has 1 aromatic carbocycles. The molecule has 0 radical (unpaired) electrons. The molecule has 0 aliphatic carbocycles. The van der Waals surface area contributed by atoms with Gasteiger partial charge >= 0.3 is 0 Å². The second-order valence-corrected chi connectivity index (χ2v) is 5.38. The Morgan fingerprint density at radius 2 is 1.74 bits per heavy atom. The largest absolute Gasteiger partial charge is 0.380 e. The van der Waals surface area contributed by atoms with Gasteiger partial charge < -0.3 is 10.5 Å². The minimum Gasteiger partial charge on any atom is -0.380 e. The summed E-state index contributed by atoms with van der Waals surface area (Å²) in [6.07, 6.45) is 5.33. The fraction of sp³-hybridized carbons (Fsp3) is 0.625. The van der Waals surface area contributed by atoms with Crippen LogP contribution < -0.4 is 5.73 Å². The highest BCUT2D eigenvalue weighted by Crippen LogP contribution is 2.23. The zero-order valence-electron chi connectivity index (χ0n) is 12.0. The van der Waals surface area contributed by atoms with Crippen LogP contribution in [0.4, 0.5) is 0 Å². The maximum Gasteiger partial charge on any atom is 0.0713 e. The number of methoxy groups -OCH3 is 1. The molecule has 0 spiro atoms. The molecule has 106 valence electrons. The van der Waals surface area contributed by atoms with Crippen molar-refractivity contribution in [1.82, 2.24) is 4.90 Å². The van der Waals surface area contributed by atoms with Crippen LogP contribution in [0, 0.1) is 0 Å². The van der Waals surface area contributed by atoms with Crippen molar-refractivity contribution in [3.63, 3.8) is 0 Å². The number of hydrogen-bond acceptors (Lipinski definition) is 3. The minimum absolute atomic E-state index is 0.370. The highest BCUT2D eigenvalue weighted by atomic mass is 16.5. The molecule has 1 saturated heterocycles. The number of likely N-dealkylation sites (tertiary alicyclic amines) is 1. The Labute approximate surface area is 116 Å². The number of benzene rings is 1. The van der Waals surface area contributed by atoms with Gasteiger partial charge in [-0.2, -0.15) is 0 Å². The van der Waals surface area contributed by atoms with Crippen LogP contribution in [0.2, 0.25) is 0 Å². The van der Waals surface area contributed by atoms with E-state index in [0.29, 0.717) is 19.2 Å². The van der Waals surface area contributed by atoms with Gasteiger partial charge in [0.05, 0.1) is 6.61 Å². The molecule has 2 N–H and O–H groups in total. The Bertz CT molecular complexity index is 356. The molecule has 1 unspecified atom stereocenters. The number of nitrogens with zero attached hydrogens (tertiary/aromatic N) is 1. The van der Waals surface area contributed by atoms with Crippen molar-refractivity contribution in [1.29, 1.82) is 0 Å². The lowest BCUT2D eigenvalue weighted by molar-refractivity contribution is 0.184. The van der Waals surface area contributed by atoms with Crippen LogP contribution in [0.25, 0.3) is 0 Å². The molecule has 2 rings (SSSR count). The molecular formula is C16H26N2O. The van der Waals surface area contributed by atoms with E-state index in [1.165, 1.54) is 49.9 Å². The summed E-state index contributed by atoms with van der Waals surface area (Å²) in [5, 5.41) is 0. The summed E-state index contributed by atoms with van der Waals surface area (Å²) >= 11 is 0. The zero-order valence-corrected chi connectivity index (χ0v) is 12.0. The molecule has 1 fully saturated rings. The standard InChI is InChI=1S/C16H26N2O/c1-19-13-14-6-8-15(9-7-14)16(12-17)18-10-4-2-3-5-11-18/h6-9,16H,2-5,10-13,17H2,1H3. The normalized spacial score (nSPS) is 19.1. The predicted molar refractivity (Wildman–Crippen MR) is 79.0 cm³/mol. The van der Waals surface area contributed by atoms with Crippen LogP contribution in [0.3, 0.4) is 0 Å². The third kappa shape index (κ3) is 4.03. The molecule has 1 atom stereocenters. The van der Waals surface area contributed by atoms with Crippen molar-refractivity contribution in [2.24, 2.45) is 5.73 Å². The summed E-state index contributed by atoms with van der Waals surface area (Å²) in [5.74, 6) is 0. The summed E-state index contributed by atoms with van der Waals surface area (Å²) in [6.45, 7) is 3.74. The lowest BCUT2D eigenvalue weighted by atomic mass is 10.0. The van der Waals surface area contributed by atoms with Crippen molar-refractivity contribution in [2.45, 2.75) is 38.3 Å². The molecule has 1 heterocycles. The van der Waals surface area contributed by atoms with Gasteiger partial charge in [0.1, 0.15) is 0 Å². The van der Waals surface area contributed by atoms with E-state index < -0.39 is 0 Å². The average Bonchev–Trinajstić information content (AvgIpc) is 2.71. The molecule has 0 bridgehead atoms. The van der Waals surface area contributed by atoms with Crippen LogP contribution in [-0.2, 0) is 11.3 Å². The average molecular weight is 262 g/mol. The van der Waals surface area contributed by atoms with E-state index in [2.05, 4.69) is 29.2 Å². The first-order chi connectivity index (χ1) is 9.35. The molecule has 0 saturated carbocycles. The van der Waals surface area contributed by atoms with Crippen molar-refractivity contribution in [3.8, 4) is 0 Å². The fourth-order valence-corrected chi connectivity index (χ4v) is 2.91. The van der Waals surface area contributed by atoms with Crippen LogP contribution in [0.15, 0.2) is 24.3 Å². The molecule has 0 amide bonds. The summed E-state index contributed by atoms with van der Waals surface area (Å²) in [7, 11) is 1.73. The number of nitrogens with two attached hydrogens (primary N) is 1. The van der Waals surface area contributed by atoms with Gasteiger partial charge in [0.2, 0.25) is 0 Å². The van der Waals surface area contributed by atoms with Gasteiger partial charge in [-0.1, -0.05) is 37.1 Å². The Morgan fingerprint density at radius 3 is 2.26 bits per heavy atom. The third-order valence-electron chi connectivity index (χ3n) is 3.98. The topological polar surface area (TPSA) is 38.5 Å². The molecule has 0 aromatic heterocycles. The molecule has 1 aliphatic rings. The van der Waals surface area contributed by atoms with E-state index in [-0.39, 0.29) is 0 Å².